The second kappa shape index (κ2) is 5.56. The lowest BCUT2D eigenvalue weighted by Crippen LogP contribution is -2.29. The average Bonchev–Trinajstić information content (AvgIpc) is 2.24. The smallest absolute Gasteiger partial charge is 0.350 e. The lowest BCUT2D eigenvalue weighted by molar-refractivity contribution is -0.137. The highest BCUT2D eigenvalue weighted by atomic mass is 35.5. The van der Waals surface area contributed by atoms with Gasteiger partial charge in [0.1, 0.15) is 5.82 Å². The van der Waals surface area contributed by atoms with Crippen LogP contribution in [0.2, 0.25) is 0 Å². The van der Waals surface area contributed by atoms with Crippen molar-refractivity contribution in [2.75, 3.05) is 6.54 Å². The van der Waals surface area contributed by atoms with Gasteiger partial charge in [-0.15, -0.1) is 11.6 Å². The third-order valence-corrected chi connectivity index (χ3v) is 2.24. The maximum Gasteiger partial charge on any atom is 0.416 e. The van der Waals surface area contributed by atoms with E-state index in [1.54, 1.807) is 6.92 Å². The lowest BCUT2D eigenvalue weighted by atomic mass is 10.1. The largest absolute Gasteiger partial charge is 0.416 e. The van der Waals surface area contributed by atoms with Gasteiger partial charge in [-0.05, 0) is 25.1 Å². The molecule has 1 amide bonds. The van der Waals surface area contributed by atoms with Crippen molar-refractivity contribution in [1.29, 1.82) is 0 Å². The summed E-state index contributed by atoms with van der Waals surface area (Å²) in [6, 6.07) is 1.67. The van der Waals surface area contributed by atoms with E-state index < -0.39 is 34.4 Å². The summed E-state index contributed by atoms with van der Waals surface area (Å²) in [6.07, 6.45) is -4.62. The average molecular weight is 284 g/mol. The Morgan fingerprint density at radius 2 is 2.06 bits per heavy atom. The number of nitrogens with one attached hydrogen (secondary N) is 1. The minimum absolute atomic E-state index is 0.0378. The topological polar surface area (TPSA) is 29.1 Å². The molecule has 0 radical (unpaired) electrons. The number of rotatable bonds is 3. The normalized spacial score (nSPS) is 13.2. The van der Waals surface area contributed by atoms with Crippen LogP contribution in [0.5, 0.6) is 0 Å². The summed E-state index contributed by atoms with van der Waals surface area (Å²) in [5.41, 5.74) is -1.73. The van der Waals surface area contributed by atoms with Crippen molar-refractivity contribution in [2.24, 2.45) is 0 Å². The van der Waals surface area contributed by atoms with Crippen LogP contribution in [0.1, 0.15) is 22.8 Å². The minimum atomic E-state index is -4.62. The molecule has 0 saturated heterocycles. The zero-order valence-electron chi connectivity index (χ0n) is 9.31. The van der Waals surface area contributed by atoms with Crippen LogP contribution >= 0.6 is 11.6 Å². The molecule has 1 atom stereocenters. The first-order valence-electron chi connectivity index (χ1n) is 5.01. The molecule has 0 bridgehead atoms. The van der Waals surface area contributed by atoms with Gasteiger partial charge in [0.05, 0.1) is 11.1 Å². The maximum atomic E-state index is 13.3. The quantitative estimate of drug-likeness (QED) is 0.670. The van der Waals surface area contributed by atoms with Crippen molar-refractivity contribution in [3.63, 3.8) is 0 Å². The van der Waals surface area contributed by atoms with Gasteiger partial charge in [0.2, 0.25) is 0 Å². The van der Waals surface area contributed by atoms with E-state index in [0.29, 0.717) is 18.2 Å². The molecule has 0 saturated carbocycles. The van der Waals surface area contributed by atoms with Gasteiger partial charge in [0, 0.05) is 11.9 Å². The number of benzene rings is 1. The summed E-state index contributed by atoms with van der Waals surface area (Å²) >= 11 is 5.56. The summed E-state index contributed by atoms with van der Waals surface area (Å²) < 4.78 is 50.5. The molecule has 2 nitrogen and oxygen atoms in total. The van der Waals surface area contributed by atoms with E-state index in [0.717, 1.165) is 0 Å². The van der Waals surface area contributed by atoms with E-state index >= 15 is 0 Å². The second-order valence-electron chi connectivity index (χ2n) is 3.68. The molecule has 0 heterocycles. The van der Waals surface area contributed by atoms with Crippen molar-refractivity contribution in [3.8, 4) is 0 Å². The molecule has 7 heteroatoms. The van der Waals surface area contributed by atoms with Gasteiger partial charge in [0.25, 0.3) is 5.91 Å². The summed E-state index contributed by atoms with van der Waals surface area (Å²) in [7, 11) is 0. The zero-order chi connectivity index (χ0) is 13.9. The van der Waals surface area contributed by atoms with Crippen molar-refractivity contribution >= 4 is 17.5 Å². The van der Waals surface area contributed by atoms with Gasteiger partial charge in [-0.1, -0.05) is 0 Å². The van der Waals surface area contributed by atoms with Crippen molar-refractivity contribution in [3.05, 3.63) is 35.1 Å². The van der Waals surface area contributed by atoms with E-state index in [-0.39, 0.29) is 6.54 Å². The maximum absolute atomic E-state index is 13.3. The zero-order valence-corrected chi connectivity index (χ0v) is 10.1. The molecular formula is C11H10ClF4NO. The number of amides is 1. The van der Waals surface area contributed by atoms with E-state index in [9.17, 15) is 22.4 Å². The Balaban J connectivity index is 2.97. The Morgan fingerprint density at radius 1 is 1.44 bits per heavy atom. The Kier molecular flexibility index (Phi) is 4.56. The molecule has 0 spiro atoms. The molecule has 0 aliphatic heterocycles. The number of halogens is 5. The molecule has 18 heavy (non-hydrogen) atoms. The van der Waals surface area contributed by atoms with Gasteiger partial charge >= 0.3 is 6.18 Å². The molecule has 0 fully saturated rings. The molecule has 0 aliphatic rings. The molecule has 1 unspecified atom stereocenters. The van der Waals surface area contributed by atoms with Crippen LogP contribution in [-0.2, 0) is 6.18 Å². The van der Waals surface area contributed by atoms with Crippen LogP contribution in [-0.4, -0.2) is 17.8 Å². The summed E-state index contributed by atoms with van der Waals surface area (Å²) in [6.45, 7) is 1.63. The van der Waals surface area contributed by atoms with Crippen LogP contribution in [0.25, 0.3) is 0 Å². The molecule has 0 aromatic heterocycles. The van der Waals surface area contributed by atoms with Gasteiger partial charge < -0.3 is 5.32 Å². The summed E-state index contributed by atoms with van der Waals surface area (Å²) in [4.78, 5) is 11.5. The van der Waals surface area contributed by atoms with E-state index in [1.807, 2.05) is 0 Å². The third-order valence-electron chi connectivity index (χ3n) is 2.08. The lowest BCUT2D eigenvalue weighted by Gasteiger charge is -2.10. The molecular weight excluding hydrogens is 274 g/mol. The first-order valence-corrected chi connectivity index (χ1v) is 5.44. The first-order chi connectivity index (χ1) is 8.21. The number of hydrogen-bond acceptors (Lipinski definition) is 1. The van der Waals surface area contributed by atoms with E-state index in [1.165, 1.54) is 0 Å². The highest BCUT2D eigenvalue weighted by Crippen LogP contribution is 2.30. The third kappa shape index (κ3) is 3.87. The van der Waals surface area contributed by atoms with E-state index in [2.05, 4.69) is 5.32 Å². The second-order valence-corrected chi connectivity index (χ2v) is 4.43. The number of carbonyl (C=O) groups excluding carboxylic acids is 1. The number of carbonyl (C=O) groups is 1. The van der Waals surface area contributed by atoms with Crippen molar-refractivity contribution in [1.82, 2.24) is 5.32 Å². The van der Waals surface area contributed by atoms with Crippen molar-refractivity contribution in [2.45, 2.75) is 18.5 Å². The summed E-state index contributed by atoms with van der Waals surface area (Å²) in [5.74, 6) is -1.94. The van der Waals surface area contributed by atoms with Crippen LogP contribution in [0.4, 0.5) is 17.6 Å². The van der Waals surface area contributed by atoms with Gasteiger partial charge in [-0.2, -0.15) is 13.2 Å². The fourth-order valence-corrected chi connectivity index (χ4v) is 1.28. The van der Waals surface area contributed by atoms with Crippen molar-refractivity contribution < 1.29 is 22.4 Å². The molecule has 100 valence electrons. The van der Waals surface area contributed by atoms with Gasteiger partial charge in [-0.3, -0.25) is 4.79 Å². The van der Waals surface area contributed by atoms with Gasteiger partial charge in [-0.25, -0.2) is 4.39 Å². The molecule has 1 aromatic rings. The van der Waals surface area contributed by atoms with Crippen LogP contribution < -0.4 is 5.32 Å². The molecule has 1 rings (SSSR count). The van der Waals surface area contributed by atoms with E-state index in [4.69, 9.17) is 11.6 Å². The molecule has 1 N–H and O–H groups in total. The standard InChI is InChI=1S/C11H10ClF4NO/c1-6(12)5-17-10(18)8-4-7(11(14,15)16)2-3-9(8)13/h2-4,6H,5H2,1H3,(H,17,18). The predicted octanol–water partition coefficient (Wildman–Crippen LogP) is 3.20. The fraction of sp³-hybridized carbons (Fsp3) is 0.364. The minimum Gasteiger partial charge on any atom is -0.350 e. The highest BCUT2D eigenvalue weighted by molar-refractivity contribution is 6.20. The summed E-state index contributed by atoms with van der Waals surface area (Å²) in [5, 5.41) is 1.84. The van der Waals surface area contributed by atoms with Crippen LogP contribution in [0.15, 0.2) is 18.2 Å². The van der Waals surface area contributed by atoms with Crippen LogP contribution in [0, 0.1) is 5.82 Å². The fourth-order valence-electron chi connectivity index (χ4n) is 1.20. The Hall–Kier alpha value is -1.30. The SMILES string of the molecule is CC(Cl)CNC(=O)c1cc(C(F)(F)F)ccc1F. The Labute approximate surface area is 106 Å². The molecule has 0 aliphatic carbocycles. The highest BCUT2D eigenvalue weighted by Gasteiger charge is 2.31. The number of hydrogen-bond donors (Lipinski definition) is 1. The molecule has 1 aromatic carbocycles. The Morgan fingerprint density at radius 3 is 2.56 bits per heavy atom. The number of alkyl halides is 4. The monoisotopic (exact) mass is 283 g/mol. The van der Waals surface area contributed by atoms with Crippen LogP contribution in [0.3, 0.4) is 0 Å². The first kappa shape index (κ1) is 14.8. The Bertz CT molecular complexity index is 445. The van der Waals surface area contributed by atoms with Gasteiger partial charge in [0.15, 0.2) is 0 Å². The predicted molar refractivity (Wildman–Crippen MR) is 59.1 cm³/mol.